The summed E-state index contributed by atoms with van der Waals surface area (Å²) >= 11 is 0. The first-order valence-corrected chi connectivity index (χ1v) is 12.7. The molecule has 8 heteroatoms. The first kappa shape index (κ1) is 25.7. The van der Waals surface area contributed by atoms with E-state index in [4.69, 9.17) is 9.47 Å². The van der Waals surface area contributed by atoms with Crippen LogP contribution in [0.2, 0.25) is 0 Å². The summed E-state index contributed by atoms with van der Waals surface area (Å²) in [6.07, 6.45) is 2.11. The van der Waals surface area contributed by atoms with Gasteiger partial charge < -0.3 is 9.47 Å². The van der Waals surface area contributed by atoms with Crippen LogP contribution >= 0.6 is 0 Å². The first-order chi connectivity index (χ1) is 17.9. The van der Waals surface area contributed by atoms with E-state index < -0.39 is 17.4 Å². The molecule has 0 saturated carbocycles. The number of halogens is 1. The highest BCUT2D eigenvalue weighted by Gasteiger charge is 2.36. The maximum Gasteiger partial charge on any atom is 0.356 e. The number of fused-ring (bicyclic) bond motifs is 2. The van der Waals surface area contributed by atoms with E-state index in [-0.39, 0.29) is 23.2 Å². The second kappa shape index (κ2) is 9.11. The number of nitrogens with zero attached hydrogens (tertiary/aromatic N) is 3. The van der Waals surface area contributed by atoms with Crippen LogP contribution < -0.4 is 10.4 Å². The number of aromatic nitrogens is 3. The number of hydrogen-bond donors (Lipinski definition) is 0. The van der Waals surface area contributed by atoms with Crippen molar-refractivity contribution in [1.29, 1.82) is 0 Å². The molecule has 0 aliphatic carbocycles. The van der Waals surface area contributed by atoms with Crippen molar-refractivity contribution in [3.05, 3.63) is 81.3 Å². The quantitative estimate of drug-likeness (QED) is 0.326. The summed E-state index contributed by atoms with van der Waals surface area (Å²) in [6.45, 7) is 8.28. The number of benzene rings is 2. The summed E-state index contributed by atoms with van der Waals surface area (Å²) < 4.78 is 30.1. The van der Waals surface area contributed by atoms with Gasteiger partial charge in [-0.3, -0.25) is 9.13 Å². The van der Waals surface area contributed by atoms with Gasteiger partial charge in [0.05, 0.1) is 18.1 Å². The number of carbonyl (C=O) groups is 1. The van der Waals surface area contributed by atoms with Crippen LogP contribution in [0.5, 0.6) is 5.75 Å². The predicted molar refractivity (Wildman–Crippen MR) is 144 cm³/mol. The van der Waals surface area contributed by atoms with E-state index in [1.807, 2.05) is 13.8 Å². The highest BCUT2D eigenvalue weighted by Crippen LogP contribution is 2.47. The molecule has 5 rings (SSSR count). The number of rotatable bonds is 4. The molecule has 0 amide bonds. The monoisotopic (exact) mass is 517 g/mol. The van der Waals surface area contributed by atoms with Crippen molar-refractivity contribution in [1.82, 2.24) is 14.1 Å². The van der Waals surface area contributed by atoms with Crippen LogP contribution in [0.1, 0.15) is 73.1 Å². The van der Waals surface area contributed by atoms with Gasteiger partial charge >= 0.3 is 11.7 Å². The van der Waals surface area contributed by atoms with Crippen LogP contribution in [0.4, 0.5) is 4.39 Å². The summed E-state index contributed by atoms with van der Waals surface area (Å²) in [5, 5.41) is 0. The normalized spacial score (nSPS) is 16.4. The lowest BCUT2D eigenvalue weighted by Crippen LogP contribution is -2.35. The second-order valence-corrected chi connectivity index (χ2v) is 10.9. The van der Waals surface area contributed by atoms with Gasteiger partial charge in [-0.1, -0.05) is 26.0 Å². The van der Waals surface area contributed by atoms with Crippen LogP contribution in [-0.4, -0.2) is 32.8 Å². The van der Waals surface area contributed by atoms with Crippen molar-refractivity contribution in [2.75, 3.05) is 7.11 Å². The lowest BCUT2D eigenvalue weighted by molar-refractivity contribution is 0.0594. The van der Waals surface area contributed by atoms with E-state index in [0.717, 1.165) is 27.7 Å². The van der Waals surface area contributed by atoms with E-state index in [9.17, 15) is 9.59 Å². The molecule has 3 heterocycles. The molecule has 1 aliphatic rings. The number of ether oxygens (including phenoxy) is 2. The Hall–Kier alpha value is -3.94. The third-order valence-corrected chi connectivity index (χ3v) is 7.46. The first-order valence-electron chi connectivity index (χ1n) is 12.7. The average Bonchev–Trinajstić information content (AvgIpc) is 3.10. The lowest BCUT2D eigenvalue weighted by Gasteiger charge is -2.38. The summed E-state index contributed by atoms with van der Waals surface area (Å²) in [5.41, 5.74) is 5.10. The minimum absolute atomic E-state index is 0.0747. The topological polar surface area (TPSA) is 75.3 Å². The Balaban J connectivity index is 1.66. The standard InChI is InChI=1S/C30H32FN3O4/c1-16(2)19-10-18(11-25-27(19)34(6)29(36)33(25)5)22-14-30(3,4)38-26-13-20(23(31)12-21(22)26)17-8-9-24(32-15-17)28(35)37-7/h8-13,15-16,22H,14H2,1-7H3. The summed E-state index contributed by atoms with van der Waals surface area (Å²) in [4.78, 5) is 28.7. The van der Waals surface area contributed by atoms with Crippen LogP contribution in [0.15, 0.2) is 47.4 Å². The molecule has 0 spiro atoms. The number of hydrogen-bond acceptors (Lipinski definition) is 5. The van der Waals surface area contributed by atoms with Crippen molar-refractivity contribution in [3.63, 3.8) is 0 Å². The molecule has 1 aliphatic heterocycles. The Kier molecular flexibility index (Phi) is 6.16. The fraction of sp³-hybridized carbons (Fsp3) is 0.367. The molecular formula is C30H32FN3O4. The third-order valence-electron chi connectivity index (χ3n) is 7.46. The Bertz CT molecular complexity index is 1630. The van der Waals surface area contributed by atoms with E-state index in [2.05, 4.69) is 31.0 Å². The molecule has 0 fully saturated rings. The molecule has 198 valence electrons. The third kappa shape index (κ3) is 4.18. The van der Waals surface area contributed by atoms with Gasteiger partial charge in [0, 0.05) is 42.9 Å². The molecule has 0 radical (unpaired) electrons. The van der Waals surface area contributed by atoms with Gasteiger partial charge in [0.2, 0.25) is 0 Å². The van der Waals surface area contributed by atoms with Gasteiger partial charge in [-0.2, -0.15) is 0 Å². The average molecular weight is 518 g/mol. The number of imidazole rings is 1. The lowest BCUT2D eigenvalue weighted by atomic mass is 9.78. The van der Waals surface area contributed by atoms with Crippen LogP contribution in [0, 0.1) is 5.82 Å². The van der Waals surface area contributed by atoms with Crippen molar-refractivity contribution in [3.8, 4) is 16.9 Å². The Morgan fingerprint density at radius 3 is 2.53 bits per heavy atom. The Labute approximate surface area is 220 Å². The van der Waals surface area contributed by atoms with Gasteiger partial charge in [-0.25, -0.2) is 19.0 Å². The molecule has 4 aromatic rings. The maximum atomic E-state index is 15.6. The smallest absolute Gasteiger partial charge is 0.356 e. The van der Waals surface area contributed by atoms with Crippen molar-refractivity contribution < 1.29 is 18.7 Å². The van der Waals surface area contributed by atoms with Crippen molar-refractivity contribution in [2.45, 2.75) is 51.6 Å². The number of carbonyl (C=O) groups excluding carboxylic acids is 1. The highest BCUT2D eigenvalue weighted by atomic mass is 19.1. The number of esters is 1. The molecule has 0 saturated heterocycles. The minimum Gasteiger partial charge on any atom is -0.487 e. The number of pyridine rings is 1. The van der Waals surface area contributed by atoms with E-state index in [0.29, 0.717) is 23.3 Å². The number of methoxy groups -OCH3 is 1. The molecule has 0 N–H and O–H groups in total. The summed E-state index contributed by atoms with van der Waals surface area (Å²) in [7, 11) is 4.87. The fourth-order valence-corrected chi connectivity index (χ4v) is 5.52. The zero-order valence-electron chi connectivity index (χ0n) is 22.8. The van der Waals surface area contributed by atoms with Crippen LogP contribution in [0.25, 0.3) is 22.2 Å². The molecule has 38 heavy (non-hydrogen) atoms. The molecule has 7 nitrogen and oxygen atoms in total. The zero-order chi connectivity index (χ0) is 27.5. The molecule has 2 aromatic carbocycles. The Morgan fingerprint density at radius 2 is 1.89 bits per heavy atom. The Morgan fingerprint density at radius 1 is 1.16 bits per heavy atom. The van der Waals surface area contributed by atoms with Gasteiger partial charge in [-0.15, -0.1) is 0 Å². The maximum absolute atomic E-state index is 15.6. The molecule has 1 unspecified atom stereocenters. The molecule has 1 atom stereocenters. The van der Waals surface area contributed by atoms with Crippen molar-refractivity contribution in [2.24, 2.45) is 14.1 Å². The molecule has 0 bridgehead atoms. The van der Waals surface area contributed by atoms with Crippen molar-refractivity contribution >= 4 is 17.0 Å². The van der Waals surface area contributed by atoms with E-state index >= 15 is 4.39 Å². The van der Waals surface area contributed by atoms with Gasteiger partial charge in [0.25, 0.3) is 0 Å². The van der Waals surface area contributed by atoms with Crippen LogP contribution in [0.3, 0.4) is 0 Å². The largest absolute Gasteiger partial charge is 0.487 e. The zero-order valence-corrected chi connectivity index (χ0v) is 22.8. The SMILES string of the molecule is COC(=O)c1ccc(-c2cc3c(cc2F)C(c2cc(C(C)C)c4c(c2)n(C)c(=O)n4C)CC(C)(C)O3)cn1. The molecule has 2 aromatic heterocycles. The van der Waals surface area contributed by atoms with Gasteiger partial charge in [0.15, 0.2) is 0 Å². The summed E-state index contributed by atoms with van der Waals surface area (Å²) in [6, 6.07) is 10.6. The predicted octanol–water partition coefficient (Wildman–Crippen LogP) is 5.68. The fourth-order valence-electron chi connectivity index (χ4n) is 5.52. The number of aryl methyl sites for hydroxylation is 2. The molecular weight excluding hydrogens is 485 g/mol. The minimum atomic E-state index is -0.552. The van der Waals surface area contributed by atoms with Gasteiger partial charge in [0.1, 0.15) is 22.9 Å². The van der Waals surface area contributed by atoms with Crippen LogP contribution in [-0.2, 0) is 18.8 Å². The second-order valence-electron chi connectivity index (χ2n) is 10.9. The summed E-state index contributed by atoms with van der Waals surface area (Å²) in [5.74, 6) is -0.287. The van der Waals surface area contributed by atoms with Gasteiger partial charge in [-0.05, 0) is 61.6 Å². The highest BCUT2D eigenvalue weighted by molar-refractivity contribution is 5.87. The van der Waals surface area contributed by atoms with E-state index in [1.165, 1.54) is 19.4 Å². The van der Waals surface area contributed by atoms with E-state index in [1.54, 1.807) is 41.4 Å².